The number of rotatable bonds is 6. The molecule has 0 radical (unpaired) electrons. The summed E-state index contributed by atoms with van der Waals surface area (Å²) in [5.74, 6) is 0. The normalized spacial score (nSPS) is 25.1. The number of ether oxygens (including phenoxy) is 2. The Kier molecular flexibility index (Phi) is 3.83. The number of epoxide rings is 1. The smallest absolute Gasteiger partial charge is 0.0982 e. The highest BCUT2D eigenvalue weighted by atomic mass is 16.6. The summed E-state index contributed by atoms with van der Waals surface area (Å²) in [4.78, 5) is 0. The molecule has 11 heavy (non-hydrogen) atoms. The molecule has 0 amide bonds. The summed E-state index contributed by atoms with van der Waals surface area (Å²) in [5, 5.41) is 0. The van der Waals surface area contributed by atoms with E-state index < -0.39 is 0 Å². The summed E-state index contributed by atoms with van der Waals surface area (Å²) in [5.41, 5.74) is 5.71. The van der Waals surface area contributed by atoms with E-state index in [1.54, 1.807) is 0 Å². The number of hydrogen-bond donors (Lipinski definition) is 1. The van der Waals surface area contributed by atoms with Gasteiger partial charge in [-0.2, -0.15) is 0 Å². The zero-order chi connectivity index (χ0) is 8.10. The highest BCUT2D eigenvalue weighted by molar-refractivity contribution is 4.81. The standard InChI is InChI=1S/C8H17NO2/c1-2-3-4-10-5-7(9)8-6-11-8/h7-8H,2-6,9H2,1H3/t7-,8+/m1/s1. The Morgan fingerprint density at radius 3 is 3.00 bits per heavy atom. The van der Waals surface area contributed by atoms with E-state index in [4.69, 9.17) is 15.2 Å². The van der Waals surface area contributed by atoms with Gasteiger partial charge in [-0.1, -0.05) is 13.3 Å². The molecule has 3 nitrogen and oxygen atoms in total. The summed E-state index contributed by atoms with van der Waals surface area (Å²) in [7, 11) is 0. The van der Waals surface area contributed by atoms with E-state index in [9.17, 15) is 0 Å². The maximum absolute atomic E-state index is 5.71. The molecular weight excluding hydrogens is 142 g/mol. The molecule has 1 aliphatic heterocycles. The second-order valence-electron chi connectivity index (χ2n) is 2.96. The van der Waals surface area contributed by atoms with Gasteiger partial charge >= 0.3 is 0 Å². The van der Waals surface area contributed by atoms with Gasteiger partial charge in [0.05, 0.1) is 25.4 Å². The van der Waals surface area contributed by atoms with Crippen LogP contribution in [-0.4, -0.2) is 32.0 Å². The van der Waals surface area contributed by atoms with Crippen molar-refractivity contribution in [2.75, 3.05) is 19.8 Å². The van der Waals surface area contributed by atoms with E-state index in [2.05, 4.69) is 6.92 Å². The first-order chi connectivity index (χ1) is 5.34. The van der Waals surface area contributed by atoms with Crippen LogP contribution >= 0.6 is 0 Å². The van der Waals surface area contributed by atoms with Crippen LogP contribution in [0.25, 0.3) is 0 Å². The highest BCUT2D eigenvalue weighted by Crippen LogP contribution is 2.12. The molecule has 1 rings (SSSR count). The summed E-state index contributed by atoms with van der Waals surface area (Å²) in [6.45, 7) is 4.44. The van der Waals surface area contributed by atoms with Gasteiger partial charge in [-0.05, 0) is 6.42 Å². The largest absolute Gasteiger partial charge is 0.380 e. The number of hydrogen-bond acceptors (Lipinski definition) is 3. The van der Waals surface area contributed by atoms with Crippen LogP contribution in [0.1, 0.15) is 19.8 Å². The average Bonchev–Trinajstić information content (AvgIpc) is 2.79. The first-order valence-electron chi connectivity index (χ1n) is 4.29. The minimum atomic E-state index is 0.0897. The van der Waals surface area contributed by atoms with Crippen molar-refractivity contribution in [3.05, 3.63) is 0 Å². The molecule has 1 fully saturated rings. The fraction of sp³-hybridized carbons (Fsp3) is 1.00. The van der Waals surface area contributed by atoms with Gasteiger partial charge in [0, 0.05) is 6.61 Å². The zero-order valence-electron chi connectivity index (χ0n) is 7.08. The Morgan fingerprint density at radius 1 is 1.73 bits per heavy atom. The number of unbranched alkanes of at least 4 members (excludes halogenated alkanes) is 1. The Morgan fingerprint density at radius 2 is 2.45 bits per heavy atom. The van der Waals surface area contributed by atoms with Crippen LogP contribution in [0.15, 0.2) is 0 Å². The minimum Gasteiger partial charge on any atom is -0.380 e. The van der Waals surface area contributed by atoms with E-state index in [1.165, 1.54) is 6.42 Å². The fourth-order valence-electron chi connectivity index (χ4n) is 0.876. The van der Waals surface area contributed by atoms with E-state index in [0.717, 1.165) is 19.6 Å². The molecule has 0 aliphatic carbocycles. The Bertz CT molecular complexity index is 104. The molecule has 0 aromatic carbocycles. The molecule has 0 aromatic rings. The summed E-state index contributed by atoms with van der Waals surface area (Å²) in [6, 6.07) is 0.0897. The van der Waals surface area contributed by atoms with Crippen molar-refractivity contribution in [1.29, 1.82) is 0 Å². The molecule has 0 unspecified atom stereocenters. The molecule has 1 heterocycles. The van der Waals surface area contributed by atoms with Crippen LogP contribution in [0.2, 0.25) is 0 Å². The Balaban J connectivity index is 1.85. The van der Waals surface area contributed by atoms with Crippen molar-refractivity contribution in [3.8, 4) is 0 Å². The van der Waals surface area contributed by atoms with Crippen LogP contribution < -0.4 is 5.73 Å². The molecule has 0 aromatic heterocycles. The van der Waals surface area contributed by atoms with Gasteiger partial charge in [-0.25, -0.2) is 0 Å². The molecular formula is C8H17NO2. The van der Waals surface area contributed by atoms with Gasteiger partial charge in [-0.15, -0.1) is 0 Å². The lowest BCUT2D eigenvalue weighted by atomic mass is 10.2. The van der Waals surface area contributed by atoms with Gasteiger partial charge < -0.3 is 15.2 Å². The van der Waals surface area contributed by atoms with Gasteiger partial charge in [0.25, 0.3) is 0 Å². The van der Waals surface area contributed by atoms with Crippen molar-refractivity contribution >= 4 is 0 Å². The summed E-state index contributed by atoms with van der Waals surface area (Å²) in [6.07, 6.45) is 2.57. The fourth-order valence-corrected chi connectivity index (χ4v) is 0.876. The van der Waals surface area contributed by atoms with Crippen molar-refractivity contribution in [2.45, 2.75) is 31.9 Å². The minimum absolute atomic E-state index is 0.0897. The number of nitrogens with two attached hydrogens (primary N) is 1. The monoisotopic (exact) mass is 159 g/mol. The first-order valence-corrected chi connectivity index (χ1v) is 4.29. The van der Waals surface area contributed by atoms with Crippen LogP contribution in [0, 0.1) is 0 Å². The van der Waals surface area contributed by atoms with Crippen molar-refractivity contribution < 1.29 is 9.47 Å². The highest BCUT2D eigenvalue weighted by Gasteiger charge is 2.29. The van der Waals surface area contributed by atoms with Gasteiger partial charge in [0.15, 0.2) is 0 Å². The third-order valence-corrected chi connectivity index (χ3v) is 1.79. The SMILES string of the molecule is CCCCOC[C@@H](N)[C@@H]1CO1. The van der Waals surface area contributed by atoms with Gasteiger partial charge in [-0.3, -0.25) is 0 Å². The van der Waals surface area contributed by atoms with Crippen LogP contribution in [-0.2, 0) is 9.47 Å². The second-order valence-corrected chi connectivity index (χ2v) is 2.96. The molecule has 1 saturated heterocycles. The molecule has 0 bridgehead atoms. The lowest BCUT2D eigenvalue weighted by molar-refractivity contribution is 0.110. The van der Waals surface area contributed by atoms with Crippen molar-refractivity contribution in [3.63, 3.8) is 0 Å². The topological polar surface area (TPSA) is 47.8 Å². The summed E-state index contributed by atoms with van der Waals surface area (Å²) >= 11 is 0. The van der Waals surface area contributed by atoms with E-state index in [-0.39, 0.29) is 12.1 Å². The van der Waals surface area contributed by atoms with E-state index in [0.29, 0.717) is 6.61 Å². The van der Waals surface area contributed by atoms with E-state index in [1.807, 2.05) is 0 Å². The van der Waals surface area contributed by atoms with Crippen LogP contribution in [0.5, 0.6) is 0 Å². The zero-order valence-corrected chi connectivity index (χ0v) is 7.08. The molecule has 0 saturated carbocycles. The Labute approximate surface area is 67.9 Å². The van der Waals surface area contributed by atoms with E-state index >= 15 is 0 Å². The molecule has 2 atom stereocenters. The van der Waals surface area contributed by atoms with Gasteiger partial charge in [0.1, 0.15) is 0 Å². The lowest BCUT2D eigenvalue weighted by Gasteiger charge is -2.08. The predicted molar refractivity (Wildman–Crippen MR) is 43.4 cm³/mol. The molecule has 66 valence electrons. The maximum Gasteiger partial charge on any atom is 0.0982 e. The first kappa shape index (κ1) is 8.97. The third kappa shape index (κ3) is 3.70. The Hall–Kier alpha value is -0.120. The van der Waals surface area contributed by atoms with Crippen LogP contribution in [0.3, 0.4) is 0 Å². The van der Waals surface area contributed by atoms with Crippen molar-refractivity contribution in [1.82, 2.24) is 0 Å². The van der Waals surface area contributed by atoms with Crippen molar-refractivity contribution in [2.24, 2.45) is 5.73 Å². The molecule has 2 N–H and O–H groups in total. The quantitative estimate of drug-likeness (QED) is 0.454. The maximum atomic E-state index is 5.71. The average molecular weight is 159 g/mol. The summed E-state index contributed by atoms with van der Waals surface area (Å²) < 4.78 is 10.4. The molecule has 0 spiro atoms. The van der Waals surface area contributed by atoms with Gasteiger partial charge in [0.2, 0.25) is 0 Å². The molecule has 3 heteroatoms. The second kappa shape index (κ2) is 4.70. The third-order valence-electron chi connectivity index (χ3n) is 1.79. The lowest BCUT2D eigenvalue weighted by Crippen LogP contribution is -2.32. The predicted octanol–water partition coefficient (Wildman–Crippen LogP) is 0.529. The molecule has 1 aliphatic rings. The van der Waals surface area contributed by atoms with Crippen LogP contribution in [0.4, 0.5) is 0 Å².